The number of allylic oxidation sites excluding steroid dienone is 3. The monoisotopic (exact) mass is 342 g/mol. The molecule has 0 unspecified atom stereocenters. The highest BCUT2D eigenvalue weighted by Crippen LogP contribution is 2.31. The van der Waals surface area contributed by atoms with Gasteiger partial charge in [-0.05, 0) is 61.6 Å². The molecule has 3 N–H and O–H groups in total. The van der Waals surface area contributed by atoms with Gasteiger partial charge in [0.25, 0.3) is 0 Å². The molecule has 0 saturated heterocycles. The Morgan fingerprint density at radius 3 is 2.04 bits per heavy atom. The summed E-state index contributed by atoms with van der Waals surface area (Å²) in [7, 11) is 1.69. The molecule has 0 amide bonds. The maximum atomic E-state index is 12.5. The predicted molar refractivity (Wildman–Crippen MR) is 99.4 cm³/mol. The van der Waals surface area contributed by atoms with Crippen molar-refractivity contribution in [2.45, 2.75) is 34.1 Å². The molecule has 1 aromatic carbocycles. The Kier molecular flexibility index (Phi) is 5.48. The highest BCUT2D eigenvalue weighted by Gasteiger charge is 2.24. The van der Waals surface area contributed by atoms with E-state index in [0.29, 0.717) is 24.2 Å². The Morgan fingerprint density at radius 2 is 1.52 bits per heavy atom. The quantitative estimate of drug-likeness (QED) is 0.631. The third-order valence-corrected chi connectivity index (χ3v) is 5.19. The van der Waals surface area contributed by atoms with Crippen molar-refractivity contribution in [1.29, 1.82) is 0 Å². The molecule has 0 spiro atoms. The Hall–Kier alpha value is -2.40. The van der Waals surface area contributed by atoms with Gasteiger partial charge in [0.15, 0.2) is 5.78 Å². The van der Waals surface area contributed by atoms with Gasteiger partial charge in [-0.25, -0.2) is 0 Å². The third kappa shape index (κ3) is 3.51. The van der Waals surface area contributed by atoms with E-state index in [1.807, 2.05) is 27.7 Å². The normalized spacial score (nSPS) is 14.5. The fourth-order valence-electron chi connectivity index (χ4n) is 3.17. The van der Waals surface area contributed by atoms with Gasteiger partial charge in [0.05, 0.1) is 12.3 Å². The zero-order valence-corrected chi connectivity index (χ0v) is 15.6. The fourth-order valence-corrected chi connectivity index (χ4v) is 3.17. The van der Waals surface area contributed by atoms with Crippen LogP contribution in [0.3, 0.4) is 0 Å². The van der Waals surface area contributed by atoms with Crippen LogP contribution in [0.15, 0.2) is 23.4 Å². The van der Waals surface area contributed by atoms with Crippen LogP contribution in [0.1, 0.15) is 27.8 Å². The predicted octanol–water partition coefficient (Wildman–Crippen LogP) is 1.93. The lowest BCUT2D eigenvalue weighted by Gasteiger charge is -2.23. The highest BCUT2D eigenvalue weighted by atomic mass is 16.3. The van der Waals surface area contributed by atoms with Crippen LogP contribution in [0, 0.1) is 27.7 Å². The molecule has 1 aliphatic carbocycles. The van der Waals surface area contributed by atoms with Gasteiger partial charge in [0.2, 0.25) is 5.78 Å². The SMILES string of the molecule is Cc1c(C)c(CC2=CC(=O)C(N(C)CCO)=CC2=O)c(C)c(C)c1N. The molecule has 0 heterocycles. The van der Waals surface area contributed by atoms with E-state index in [1.54, 1.807) is 11.9 Å². The number of hydrogen-bond acceptors (Lipinski definition) is 5. The zero-order valence-electron chi connectivity index (χ0n) is 15.6. The van der Waals surface area contributed by atoms with E-state index in [9.17, 15) is 9.59 Å². The second-order valence-electron chi connectivity index (χ2n) is 6.64. The van der Waals surface area contributed by atoms with Gasteiger partial charge in [-0.3, -0.25) is 9.59 Å². The first-order valence-corrected chi connectivity index (χ1v) is 8.36. The number of hydrogen-bond donors (Lipinski definition) is 2. The van der Waals surface area contributed by atoms with E-state index in [4.69, 9.17) is 10.8 Å². The van der Waals surface area contributed by atoms with Crippen LogP contribution < -0.4 is 5.73 Å². The zero-order chi connectivity index (χ0) is 18.9. The van der Waals surface area contributed by atoms with Crippen LogP contribution in [0.2, 0.25) is 0 Å². The lowest BCUT2D eigenvalue weighted by Crippen LogP contribution is -2.29. The Labute approximate surface area is 148 Å². The van der Waals surface area contributed by atoms with Gasteiger partial charge >= 0.3 is 0 Å². The highest BCUT2D eigenvalue weighted by molar-refractivity contribution is 6.19. The second kappa shape index (κ2) is 7.23. The van der Waals surface area contributed by atoms with E-state index in [0.717, 1.165) is 33.5 Å². The number of nitrogen functional groups attached to an aromatic ring is 1. The van der Waals surface area contributed by atoms with Crippen molar-refractivity contribution in [2.75, 3.05) is 25.9 Å². The van der Waals surface area contributed by atoms with Gasteiger partial charge in [0, 0.05) is 37.3 Å². The number of aliphatic hydroxyl groups is 1. The number of ketones is 2. The molecular formula is C20H26N2O3. The van der Waals surface area contributed by atoms with Crippen molar-refractivity contribution in [3.05, 3.63) is 51.2 Å². The van der Waals surface area contributed by atoms with Gasteiger partial charge in [0.1, 0.15) is 0 Å². The number of benzene rings is 1. The van der Waals surface area contributed by atoms with Gasteiger partial charge in [-0.1, -0.05) is 0 Å². The Bertz CT molecular complexity index is 775. The summed E-state index contributed by atoms with van der Waals surface area (Å²) >= 11 is 0. The van der Waals surface area contributed by atoms with Crippen LogP contribution in [-0.2, 0) is 16.0 Å². The molecule has 0 aromatic heterocycles. The molecule has 0 atom stereocenters. The number of anilines is 1. The smallest absolute Gasteiger partial charge is 0.202 e. The van der Waals surface area contributed by atoms with Crippen molar-refractivity contribution in [3.8, 4) is 0 Å². The van der Waals surface area contributed by atoms with Crippen molar-refractivity contribution in [3.63, 3.8) is 0 Å². The summed E-state index contributed by atoms with van der Waals surface area (Å²) in [4.78, 5) is 26.5. The molecule has 1 aromatic rings. The molecule has 0 fully saturated rings. The van der Waals surface area contributed by atoms with Crippen molar-refractivity contribution >= 4 is 17.3 Å². The third-order valence-electron chi connectivity index (χ3n) is 5.19. The number of nitrogens with two attached hydrogens (primary N) is 1. The van der Waals surface area contributed by atoms with E-state index >= 15 is 0 Å². The maximum absolute atomic E-state index is 12.5. The van der Waals surface area contributed by atoms with Crippen LogP contribution in [0.25, 0.3) is 0 Å². The first kappa shape index (κ1) is 18.9. The molecule has 25 heavy (non-hydrogen) atoms. The van der Waals surface area contributed by atoms with Gasteiger partial charge in [-0.15, -0.1) is 0 Å². The van der Waals surface area contributed by atoms with Crippen molar-refractivity contribution in [2.24, 2.45) is 0 Å². The Morgan fingerprint density at radius 1 is 0.960 bits per heavy atom. The number of nitrogens with zero attached hydrogens (tertiary/aromatic N) is 1. The van der Waals surface area contributed by atoms with E-state index in [1.165, 1.54) is 12.2 Å². The summed E-state index contributed by atoms with van der Waals surface area (Å²) in [6.45, 7) is 8.19. The summed E-state index contributed by atoms with van der Waals surface area (Å²) in [5.74, 6) is -0.366. The number of carbonyl (C=O) groups is 2. The van der Waals surface area contributed by atoms with Crippen LogP contribution in [0.4, 0.5) is 5.69 Å². The molecule has 0 saturated carbocycles. The van der Waals surface area contributed by atoms with Crippen LogP contribution in [0.5, 0.6) is 0 Å². The van der Waals surface area contributed by atoms with Crippen LogP contribution >= 0.6 is 0 Å². The largest absolute Gasteiger partial charge is 0.398 e. The summed E-state index contributed by atoms with van der Waals surface area (Å²) in [6, 6.07) is 0. The molecule has 0 bridgehead atoms. The average Bonchev–Trinajstić information content (AvgIpc) is 2.57. The number of aliphatic hydroxyl groups excluding tert-OH is 1. The summed E-state index contributed by atoms with van der Waals surface area (Å²) in [6.07, 6.45) is 3.21. The molecule has 1 aliphatic rings. The first-order valence-electron chi connectivity index (χ1n) is 8.36. The molecule has 0 radical (unpaired) electrons. The summed E-state index contributed by atoms with van der Waals surface area (Å²) in [5.41, 5.74) is 13.0. The maximum Gasteiger partial charge on any atom is 0.202 e. The first-order chi connectivity index (χ1) is 11.7. The van der Waals surface area contributed by atoms with E-state index < -0.39 is 0 Å². The second-order valence-corrected chi connectivity index (χ2v) is 6.64. The minimum Gasteiger partial charge on any atom is -0.398 e. The topological polar surface area (TPSA) is 83.6 Å². The Balaban J connectivity index is 2.37. The molecule has 0 aliphatic heterocycles. The van der Waals surface area contributed by atoms with Crippen molar-refractivity contribution in [1.82, 2.24) is 4.90 Å². The summed E-state index contributed by atoms with van der Waals surface area (Å²) in [5, 5.41) is 9.01. The van der Waals surface area contributed by atoms with Crippen molar-refractivity contribution < 1.29 is 14.7 Å². The number of likely N-dealkylation sites (N-methyl/N-ethyl adjacent to an activating group) is 1. The lowest BCUT2D eigenvalue weighted by atomic mass is 9.86. The fraction of sp³-hybridized carbons (Fsp3) is 0.400. The van der Waals surface area contributed by atoms with Crippen LogP contribution in [-0.4, -0.2) is 41.8 Å². The molecule has 5 nitrogen and oxygen atoms in total. The molecule has 134 valence electrons. The average molecular weight is 342 g/mol. The minimum atomic E-state index is -0.204. The molecule has 5 heteroatoms. The lowest BCUT2D eigenvalue weighted by molar-refractivity contribution is -0.116. The standard InChI is InChI=1S/C20H26N2O3/c1-11-13(3)20(21)14(4)12(2)16(11)8-15-9-19(25)17(10-18(15)24)22(5)6-7-23/h9-10,23H,6-8,21H2,1-5H3. The number of rotatable bonds is 5. The van der Waals surface area contributed by atoms with E-state index in [2.05, 4.69) is 0 Å². The molecule has 2 rings (SSSR count). The van der Waals surface area contributed by atoms with E-state index in [-0.39, 0.29) is 18.2 Å². The summed E-state index contributed by atoms with van der Waals surface area (Å²) < 4.78 is 0. The minimum absolute atomic E-state index is 0.0751. The van der Waals surface area contributed by atoms with Gasteiger partial charge in [-0.2, -0.15) is 0 Å². The molecular weight excluding hydrogens is 316 g/mol. The van der Waals surface area contributed by atoms with Gasteiger partial charge < -0.3 is 15.7 Å². The number of carbonyl (C=O) groups excluding carboxylic acids is 2.